The Morgan fingerprint density at radius 2 is 1.90 bits per heavy atom. The third kappa shape index (κ3) is 4.00. The molecule has 0 spiro atoms. The van der Waals surface area contributed by atoms with E-state index in [1.165, 1.54) is 4.90 Å². The first kappa shape index (κ1) is 16.6. The molecule has 0 aliphatic carbocycles. The van der Waals surface area contributed by atoms with Gasteiger partial charge in [-0.05, 0) is 37.5 Å². The van der Waals surface area contributed by atoms with Crippen LogP contribution < -0.4 is 5.73 Å². The molecular weight excluding hydrogens is 262 g/mol. The molecule has 1 rings (SSSR count). The minimum Gasteiger partial charge on any atom is -0.338 e. The van der Waals surface area contributed by atoms with Crippen LogP contribution in [0.3, 0.4) is 0 Å². The summed E-state index contributed by atoms with van der Waals surface area (Å²) in [5, 5.41) is 0. The summed E-state index contributed by atoms with van der Waals surface area (Å²) < 4.78 is 26.9. The van der Waals surface area contributed by atoms with E-state index in [1.54, 1.807) is 14.0 Å². The Morgan fingerprint density at radius 3 is 2.45 bits per heavy atom. The van der Waals surface area contributed by atoms with E-state index in [9.17, 15) is 13.6 Å². The largest absolute Gasteiger partial charge is 0.338 e. The molecule has 2 atom stereocenters. The van der Waals surface area contributed by atoms with Crippen LogP contribution in [0.5, 0.6) is 0 Å². The molecule has 0 aliphatic heterocycles. The number of hydrogen-bond donors (Lipinski definition) is 1. The monoisotopic (exact) mass is 284 g/mol. The third-order valence-corrected chi connectivity index (χ3v) is 3.38. The van der Waals surface area contributed by atoms with Crippen LogP contribution in [-0.4, -0.2) is 23.9 Å². The van der Waals surface area contributed by atoms with Gasteiger partial charge in [0.05, 0.1) is 12.1 Å². The van der Waals surface area contributed by atoms with Crippen molar-refractivity contribution in [3.63, 3.8) is 0 Å². The minimum absolute atomic E-state index is 0.151. The average molecular weight is 284 g/mol. The Morgan fingerprint density at radius 1 is 1.30 bits per heavy atom. The lowest BCUT2D eigenvalue weighted by molar-refractivity contribution is -0.133. The number of benzene rings is 1. The fourth-order valence-corrected chi connectivity index (χ4v) is 2.10. The average Bonchev–Trinajstić information content (AvgIpc) is 2.38. The summed E-state index contributed by atoms with van der Waals surface area (Å²) in [6, 6.07) is 2.03. The summed E-state index contributed by atoms with van der Waals surface area (Å²) in [4.78, 5) is 13.5. The second-order valence-electron chi connectivity index (χ2n) is 5.53. The Labute approximate surface area is 118 Å². The van der Waals surface area contributed by atoms with Crippen molar-refractivity contribution in [3.8, 4) is 0 Å². The minimum atomic E-state index is -0.626. The Bertz CT molecular complexity index is 477. The van der Waals surface area contributed by atoms with Crippen LogP contribution in [0, 0.1) is 17.6 Å². The third-order valence-electron chi connectivity index (χ3n) is 3.38. The van der Waals surface area contributed by atoms with Gasteiger partial charge < -0.3 is 10.6 Å². The number of nitrogens with two attached hydrogens (primary N) is 1. The van der Waals surface area contributed by atoms with Crippen molar-refractivity contribution < 1.29 is 13.6 Å². The molecule has 0 radical (unpaired) electrons. The van der Waals surface area contributed by atoms with E-state index in [-0.39, 0.29) is 11.5 Å². The summed E-state index contributed by atoms with van der Waals surface area (Å²) in [5.41, 5.74) is 5.99. The molecule has 1 amide bonds. The smallest absolute Gasteiger partial charge is 0.239 e. The lowest BCUT2D eigenvalue weighted by Crippen LogP contribution is -2.43. The molecule has 2 N–H and O–H groups in total. The highest BCUT2D eigenvalue weighted by molar-refractivity contribution is 5.81. The van der Waals surface area contributed by atoms with E-state index in [2.05, 4.69) is 0 Å². The van der Waals surface area contributed by atoms with E-state index < -0.39 is 23.7 Å². The van der Waals surface area contributed by atoms with Crippen LogP contribution in [0.25, 0.3) is 0 Å². The molecule has 1 unspecified atom stereocenters. The first-order valence-corrected chi connectivity index (χ1v) is 6.71. The van der Waals surface area contributed by atoms with Gasteiger partial charge in [0.2, 0.25) is 5.91 Å². The van der Waals surface area contributed by atoms with Gasteiger partial charge in [0.15, 0.2) is 0 Å². The summed E-state index contributed by atoms with van der Waals surface area (Å²) in [6.45, 7) is 5.60. The van der Waals surface area contributed by atoms with Crippen molar-refractivity contribution >= 4 is 5.91 Å². The molecule has 112 valence electrons. The first-order valence-electron chi connectivity index (χ1n) is 6.71. The molecule has 5 heteroatoms. The van der Waals surface area contributed by atoms with Crippen molar-refractivity contribution in [2.45, 2.75) is 39.3 Å². The Kier molecular flexibility index (Phi) is 5.62. The maximum Gasteiger partial charge on any atom is 0.239 e. The molecule has 20 heavy (non-hydrogen) atoms. The van der Waals surface area contributed by atoms with Gasteiger partial charge in [-0.3, -0.25) is 4.79 Å². The number of carbonyl (C=O) groups excluding carboxylic acids is 1. The summed E-state index contributed by atoms with van der Waals surface area (Å²) in [7, 11) is 1.55. The Hall–Kier alpha value is -1.49. The number of carbonyl (C=O) groups is 1. The van der Waals surface area contributed by atoms with Gasteiger partial charge in [0.25, 0.3) is 0 Å². The number of likely N-dealkylation sites (N-methyl/N-ethyl adjacent to an activating group) is 1. The van der Waals surface area contributed by atoms with Crippen molar-refractivity contribution in [1.29, 1.82) is 0 Å². The zero-order chi connectivity index (χ0) is 15.4. The normalized spacial score (nSPS) is 14.2. The van der Waals surface area contributed by atoms with E-state index >= 15 is 0 Å². The van der Waals surface area contributed by atoms with Gasteiger partial charge in [-0.15, -0.1) is 0 Å². The predicted octanol–water partition coefficient (Wildman–Crippen LogP) is 2.86. The lowest BCUT2D eigenvalue weighted by atomic mass is 10.0. The topological polar surface area (TPSA) is 46.3 Å². The van der Waals surface area contributed by atoms with Gasteiger partial charge in [-0.25, -0.2) is 8.78 Å². The molecule has 0 saturated heterocycles. The van der Waals surface area contributed by atoms with Crippen LogP contribution in [0.15, 0.2) is 18.2 Å². The van der Waals surface area contributed by atoms with Crippen LogP contribution in [0.1, 0.15) is 38.8 Å². The number of amides is 1. The van der Waals surface area contributed by atoms with E-state index in [0.29, 0.717) is 12.3 Å². The van der Waals surface area contributed by atoms with Crippen molar-refractivity contribution in [2.75, 3.05) is 7.05 Å². The van der Waals surface area contributed by atoms with Crippen molar-refractivity contribution in [1.82, 2.24) is 4.90 Å². The van der Waals surface area contributed by atoms with Gasteiger partial charge in [0.1, 0.15) is 11.6 Å². The van der Waals surface area contributed by atoms with Crippen LogP contribution in [-0.2, 0) is 4.79 Å². The SMILES string of the molecule is CC(C)C[C@H](N)C(=O)N(C)C(C)c1cc(F)ccc1F. The van der Waals surface area contributed by atoms with Crippen LogP contribution >= 0.6 is 0 Å². The number of nitrogens with zero attached hydrogens (tertiary/aromatic N) is 1. The number of halogens is 2. The van der Waals surface area contributed by atoms with Crippen molar-refractivity contribution in [3.05, 3.63) is 35.4 Å². The first-order chi connectivity index (χ1) is 9.23. The van der Waals surface area contributed by atoms with Gasteiger partial charge in [-0.1, -0.05) is 13.8 Å². The molecule has 3 nitrogen and oxygen atoms in total. The summed E-state index contributed by atoms with van der Waals surface area (Å²) >= 11 is 0. The van der Waals surface area contributed by atoms with E-state index in [4.69, 9.17) is 5.73 Å². The highest BCUT2D eigenvalue weighted by Crippen LogP contribution is 2.23. The second kappa shape index (κ2) is 6.79. The van der Waals surface area contributed by atoms with E-state index in [0.717, 1.165) is 18.2 Å². The standard InChI is InChI=1S/C15H22F2N2O/c1-9(2)7-14(18)15(20)19(4)10(3)12-8-11(16)5-6-13(12)17/h5-6,8-10,14H,7,18H2,1-4H3/t10?,14-/m0/s1. The molecule has 0 fully saturated rings. The fraction of sp³-hybridized carbons (Fsp3) is 0.533. The molecule has 0 heterocycles. The summed E-state index contributed by atoms with van der Waals surface area (Å²) in [5.74, 6) is -1.03. The second-order valence-corrected chi connectivity index (χ2v) is 5.53. The predicted molar refractivity (Wildman–Crippen MR) is 75.0 cm³/mol. The van der Waals surface area contributed by atoms with Crippen LogP contribution in [0.4, 0.5) is 8.78 Å². The highest BCUT2D eigenvalue weighted by atomic mass is 19.1. The fourth-order valence-electron chi connectivity index (χ4n) is 2.10. The molecule has 0 saturated carbocycles. The molecule has 1 aromatic carbocycles. The van der Waals surface area contributed by atoms with Crippen LogP contribution in [0.2, 0.25) is 0 Å². The number of rotatable bonds is 5. The van der Waals surface area contributed by atoms with Crippen molar-refractivity contribution in [2.24, 2.45) is 11.7 Å². The highest BCUT2D eigenvalue weighted by Gasteiger charge is 2.25. The maximum absolute atomic E-state index is 13.7. The molecular formula is C15H22F2N2O. The van der Waals surface area contributed by atoms with E-state index in [1.807, 2.05) is 13.8 Å². The van der Waals surface area contributed by atoms with Gasteiger partial charge in [-0.2, -0.15) is 0 Å². The molecule has 0 aromatic heterocycles. The molecule has 0 aliphatic rings. The zero-order valence-corrected chi connectivity index (χ0v) is 12.4. The van der Waals surface area contributed by atoms with Gasteiger partial charge in [0, 0.05) is 12.6 Å². The Balaban J connectivity index is 2.88. The quantitative estimate of drug-likeness (QED) is 0.903. The molecule has 1 aromatic rings. The summed E-state index contributed by atoms with van der Waals surface area (Å²) in [6.07, 6.45) is 0.557. The molecule has 0 bridgehead atoms. The lowest BCUT2D eigenvalue weighted by Gasteiger charge is -2.28. The zero-order valence-electron chi connectivity index (χ0n) is 12.4. The number of hydrogen-bond acceptors (Lipinski definition) is 2. The van der Waals surface area contributed by atoms with Gasteiger partial charge >= 0.3 is 0 Å². The maximum atomic E-state index is 13.7.